The summed E-state index contributed by atoms with van der Waals surface area (Å²) in [5.41, 5.74) is 1.86. The van der Waals surface area contributed by atoms with Gasteiger partial charge in [0.25, 0.3) is 0 Å². The van der Waals surface area contributed by atoms with Gasteiger partial charge in [-0.2, -0.15) is 0 Å². The lowest BCUT2D eigenvalue weighted by atomic mass is 9.50. The summed E-state index contributed by atoms with van der Waals surface area (Å²) in [6.45, 7) is 14.3. The summed E-state index contributed by atoms with van der Waals surface area (Å²) in [6, 6.07) is 0. The highest BCUT2D eigenvalue weighted by molar-refractivity contribution is 5.66. The predicted octanol–water partition coefficient (Wildman–Crippen LogP) is 6.25. The average Bonchev–Trinajstić information content (AvgIpc) is 2.96. The SMILES string of the molecule is C=C1CCC2[C@H](C/C=C\CN(C)C)C([C@@]3(C)CC[C@H](C)C[C@@H]3OC(C)=O)CC[C@]12C. The Morgan fingerprint density at radius 1 is 1.17 bits per heavy atom. The lowest BCUT2D eigenvalue weighted by molar-refractivity contribution is -0.168. The molecule has 170 valence electrons. The fraction of sp³-hybridized carbons (Fsp3) is 0.815. The first-order valence-electron chi connectivity index (χ1n) is 12.2. The van der Waals surface area contributed by atoms with Crippen molar-refractivity contribution in [2.45, 2.75) is 85.2 Å². The van der Waals surface area contributed by atoms with Crippen molar-refractivity contribution in [2.24, 2.45) is 34.5 Å². The third-order valence-electron chi connectivity index (χ3n) is 9.12. The predicted molar refractivity (Wildman–Crippen MR) is 125 cm³/mol. The van der Waals surface area contributed by atoms with Gasteiger partial charge in [0.2, 0.25) is 0 Å². The number of hydrogen-bond donors (Lipinski definition) is 0. The molecule has 0 saturated heterocycles. The number of carbonyl (C=O) groups is 1. The Morgan fingerprint density at radius 3 is 2.57 bits per heavy atom. The largest absolute Gasteiger partial charge is 0.462 e. The monoisotopic (exact) mass is 415 g/mol. The first-order chi connectivity index (χ1) is 14.1. The minimum Gasteiger partial charge on any atom is -0.462 e. The topological polar surface area (TPSA) is 29.5 Å². The maximum atomic E-state index is 12.0. The summed E-state index contributed by atoms with van der Waals surface area (Å²) in [6.07, 6.45) is 14.4. The molecule has 0 aromatic rings. The molecule has 30 heavy (non-hydrogen) atoms. The van der Waals surface area contributed by atoms with E-state index in [1.54, 1.807) is 6.92 Å². The van der Waals surface area contributed by atoms with Crippen LogP contribution in [0, 0.1) is 34.5 Å². The molecule has 2 unspecified atom stereocenters. The molecule has 0 aliphatic heterocycles. The van der Waals surface area contributed by atoms with Crippen molar-refractivity contribution in [3.63, 3.8) is 0 Å². The van der Waals surface area contributed by atoms with Crippen molar-refractivity contribution < 1.29 is 9.53 Å². The fourth-order valence-electron chi connectivity index (χ4n) is 7.16. The molecule has 7 atom stereocenters. The molecular formula is C27H45NO2. The van der Waals surface area contributed by atoms with Gasteiger partial charge in [0.05, 0.1) is 0 Å². The molecule has 3 rings (SSSR count). The van der Waals surface area contributed by atoms with E-state index in [1.165, 1.54) is 44.1 Å². The molecule has 3 heteroatoms. The molecule has 3 nitrogen and oxygen atoms in total. The van der Waals surface area contributed by atoms with Gasteiger partial charge in [-0.05, 0) is 94.5 Å². The molecule has 0 bridgehead atoms. The Morgan fingerprint density at radius 2 is 1.90 bits per heavy atom. The number of esters is 1. The molecule has 3 aliphatic rings. The second-order valence-electron chi connectivity index (χ2n) is 11.4. The number of fused-ring (bicyclic) bond motifs is 1. The van der Waals surface area contributed by atoms with Gasteiger partial charge in [0.1, 0.15) is 6.10 Å². The third-order valence-corrected chi connectivity index (χ3v) is 9.12. The minimum atomic E-state index is -0.113. The summed E-state index contributed by atoms with van der Waals surface area (Å²) in [4.78, 5) is 14.2. The van der Waals surface area contributed by atoms with Crippen LogP contribution in [-0.2, 0) is 9.53 Å². The van der Waals surface area contributed by atoms with E-state index in [0.717, 1.165) is 19.4 Å². The van der Waals surface area contributed by atoms with E-state index in [4.69, 9.17) is 4.74 Å². The van der Waals surface area contributed by atoms with Gasteiger partial charge in [-0.15, -0.1) is 0 Å². The Balaban J connectivity index is 1.90. The van der Waals surface area contributed by atoms with E-state index >= 15 is 0 Å². The second kappa shape index (κ2) is 9.18. The molecule has 0 spiro atoms. The van der Waals surface area contributed by atoms with Crippen molar-refractivity contribution in [2.75, 3.05) is 20.6 Å². The summed E-state index contributed by atoms with van der Waals surface area (Å²) >= 11 is 0. The summed E-state index contributed by atoms with van der Waals surface area (Å²) < 4.78 is 6.01. The molecule has 3 saturated carbocycles. The Kier molecular flexibility index (Phi) is 7.22. The first-order valence-corrected chi connectivity index (χ1v) is 12.2. The fourth-order valence-corrected chi connectivity index (χ4v) is 7.16. The van der Waals surface area contributed by atoms with Gasteiger partial charge in [-0.25, -0.2) is 0 Å². The normalized spacial score (nSPS) is 42.0. The van der Waals surface area contributed by atoms with E-state index < -0.39 is 0 Å². The molecule has 3 fully saturated rings. The number of ether oxygens (including phenoxy) is 1. The van der Waals surface area contributed by atoms with E-state index in [0.29, 0.717) is 29.1 Å². The highest BCUT2D eigenvalue weighted by atomic mass is 16.5. The zero-order valence-corrected chi connectivity index (χ0v) is 20.4. The Bertz CT molecular complexity index is 668. The van der Waals surface area contributed by atoms with Crippen LogP contribution in [0.5, 0.6) is 0 Å². The van der Waals surface area contributed by atoms with Gasteiger partial charge >= 0.3 is 5.97 Å². The van der Waals surface area contributed by atoms with E-state index in [1.807, 2.05) is 0 Å². The first kappa shape index (κ1) is 23.6. The molecule has 0 aromatic heterocycles. The van der Waals surface area contributed by atoms with Gasteiger partial charge in [0, 0.05) is 18.9 Å². The molecule has 3 aliphatic carbocycles. The Labute approximate surface area is 185 Å². The standard InChI is InChI=1S/C27H45NO2/c1-19-13-15-27(5,25(18-19)30-21(3)29)24-14-16-26(4)20(2)11-12-23(26)22(24)10-8-9-17-28(6)7/h8-9,19,22-25H,2,10-18H2,1,3-7H3/b9-8-/t19-,22-,23?,24?,25-,26+,27+/m0/s1. The van der Waals surface area contributed by atoms with Crippen LogP contribution in [0.1, 0.15) is 79.1 Å². The zero-order chi connectivity index (χ0) is 22.1. The van der Waals surface area contributed by atoms with Crippen molar-refractivity contribution >= 4 is 5.97 Å². The average molecular weight is 416 g/mol. The number of allylic oxidation sites excluding steroid dienone is 2. The molecule has 0 amide bonds. The molecule has 0 aromatic carbocycles. The van der Waals surface area contributed by atoms with Crippen molar-refractivity contribution in [3.8, 4) is 0 Å². The smallest absolute Gasteiger partial charge is 0.302 e. The van der Waals surface area contributed by atoms with Crippen LogP contribution in [0.25, 0.3) is 0 Å². The highest BCUT2D eigenvalue weighted by Gasteiger charge is 2.57. The molecule has 0 heterocycles. The Hall–Kier alpha value is -1.09. The van der Waals surface area contributed by atoms with E-state index in [-0.39, 0.29) is 17.5 Å². The van der Waals surface area contributed by atoms with Crippen molar-refractivity contribution in [3.05, 3.63) is 24.3 Å². The van der Waals surface area contributed by atoms with Crippen LogP contribution in [-0.4, -0.2) is 37.6 Å². The maximum Gasteiger partial charge on any atom is 0.302 e. The lowest BCUT2D eigenvalue weighted by Crippen LogP contribution is -2.52. The van der Waals surface area contributed by atoms with Gasteiger partial charge in [0.15, 0.2) is 0 Å². The minimum absolute atomic E-state index is 0.0611. The van der Waals surface area contributed by atoms with Crippen LogP contribution < -0.4 is 0 Å². The van der Waals surface area contributed by atoms with Crippen LogP contribution in [0.4, 0.5) is 0 Å². The molecular weight excluding hydrogens is 370 g/mol. The third kappa shape index (κ3) is 4.56. The lowest BCUT2D eigenvalue weighted by Gasteiger charge is -2.56. The number of hydrogen-bond acceptors (Lipinski definition) is 3. The summed E-state index contributed by atoms with van der Waals surface area (Å²) in [5.74, 6) is 2.50. The van der Waals surface area contributed by atoms with E-state index in [9.17, 15) is 4.79 Å². The number of nitrogens with zero attached hydrogens (tertiary/aromatic N) is 1. The van der Waals surface area contributed by atoms with E-state index in [2.05, 4.69) is 58.5 Å². The quantitative estimate of drug-likeness (QED) is 0.379. The maximum absolute atomic E-state index is 12.0. The zero-order valence-electron chi connectivity index (χ0n) is 20.4. The second-order valence-corrected chi connectivity index (χ2v) is 11.4. The number of carbonyl (C=O) groups excluding carboxylic acids is 1. The molecule has 0 radical (unpaired) electrons. The highest BCUT2D eigenvalue weighted by Crippen LogP contribution is 2.63. The van der Waals surface area contributed by atoms with Crippen LogP contribution in [0.3, 0.4) is 0 Å². The van der Waals surface area contributed by atoms with Gasteiger partial charge in [-0.3, -0.25) is 4.79 Å². The van der Waals surface area contributed by atoms with Crippen LogP contribution in [0.15, 0.2) is 24.3 Å². The van der Waals surface area contributed by atoms with Crippen molar-refractivity contribution in [1.82, 2.24) is 4.90 Å². The number of likely N-dealkylation sites (N-methyl/N-ethyl adjacent to an activating group) is 1. The number of rotatable bonds is 6. The van der Waals surface area contributed by atoms with Gasteiger partial charge in [-0.1, -0.05) is 45.1 Å². The molecule has 0 N–H and O–H groups in total. The van der Waals surface area contributed by atoms with Crippen LogP contribution >= 0.6 is 0 Å². The summed E-state index contributed by atoms with van der Waals surface area (Å²) in [7, 11) is 4.25. The van der Waals surface area contributed by atoms with Crippen molar-refractivity contribution in [1.29, 1.82) is 0 Å². The van der Waals surface area contributed by atoms with Gasteiger partial charge < -0.3 is 9.64 Å². The summed E-state index contributed by atoms with van der Waals surface area (Å²) in [5, 5.41) is 0. The van der Waals surface area contributed by atoms with Crippen LogP contribution in [0.2, 0.25) is 0 Å².